The predicted octanol–water partition coefficient (Wildman–Crippen LogP) is 1.62. The number of thiazole rings is 1. The van der Waals surface area contributed by atoms with Crippen molar-refractivity contribution in [2.75, 3.05) is 19.8 Å². The molecular weight excluding hydrogens is 226 g/mol. The molecule has 1 atom stereocenters. The van der Waals surface area contributed by atoms with Crippen molar-refractivity contribution in [1.82, 2.24) is 15.0 Å². The molecule has 1 aliphatic heterocycles. The zero-order chi connectivity index (χ0) is 10.8. The van der Waals surface area contributed by atoms with Gasteiger partial charge in [0.1, 0.15) is 11.1 Å². The van der Waals surface area contributed by atoms with Crippen LogP contribution < -0.4 is 0 Å². The molecule has 0 spiro atoms. The van der Waals surface area contributed by atoms with Crippen LogP contribution in [0.4, 0.5) is 0 Å². The lowest BCUT2D eigenvalue weighted by Crippen LogP contribution is -2.22. The molecule has 1 aliphatic rings. The van der Waals surface area contributed by atoms with Crippen LogP contribution in [0.3, 0.4) is 0 Å². The van der Waals surface area contributed by atoms with E-state index >= 15 is 0 Å². The highest BCUT2D eigenvalue weighted by Gasteiger charge is 2.19. The zero-order valence-corrected chi connectivity index (χ0v) is 9.37. The number of hydrogen-bond donors (Lipinski definition) is 1. The summed E-state index contributed by atoms with van der Waals surface area (Å²) < 4.78 is 10.9. The molecule has 0 aromatic carbocycles. The Kier molecular flexibility index (Phi) is 2.69. The first-order valence-electron chi connectivity index (χ1n) is 5.07. The summed E-state index contributed by atoms with van der Waals surface area (Å²) in [4.78, 5) is 11.5. The quantitative estimate of drug-likeness (QED) is 0.862. The Hall–Kier alpha value is -1.24. The van der Waals surface area contributed by atoms with Crippen LogP contribution >= 0.6 is 11.3 Å². The van der Waals surface area contributed by atoms with Gasteiger partial charge in [0.05, 0.1) is 43.7 Å². The lowest BCUT2D eigenvalue weighted by atomic mass is 10.3. The Balaban J connectivity index is 1.82. The van der Waals surface area contributed by atoms with Crippen LogP contribution in [0.1, 0.15) is 11.8 Å². The maximum absolute atomic E-state index is 5.59. The van der Waals surface area contributed by atoms with E-state index in [-0.39, 0.29) is 6.10 Å². The van der Waals surface area contributed by atoms with E-state index in [0.29, 0.717) is 19.8 Å². The van der Waals surface area contributed by atoms with Gasteiger partial charge in [0.25, 0.3) is 0 Å². The molecule has 3 heterocycles. The summed E-state index contributed by atoms with van der Waals surface area (Å²) >= 11 is 1.58. The van der Waals surface area contributed by atoms with Gasteiger partial charge in [-0.2, -0.15) is 0 Å². The van der Waals surface area contributed by atoms with Crippen molar-refractivity contribution in [3.8, 4) is 10.7 Å². The molecule has 2 aromatic rings. The highest BCUT2D eigenvalue weighted by Crippen LogP contribution is 2.27. The van der Waals surface area contributed by atoms with E-state index in [1.807, 2.05) is 5.38 Å². The fraction of sp³-hybridized carbons (Fsp3) is 0.400. The Morgan fingerprint density at radius 3 is 3.19 bits per heavy atom. The van der Waals surface area contributed by atoms with Gasteiger partial charge in [-0.05, 0) is 0 Å². The average Bonchev–Trinajstić information content (AvgIpc) is 3.01. The van der Waals surface area contributed by atoms with Crippen LogP contribution in [0.2, 0.25) is 0 Å². The number of nitrogens with one attached hydrogen (secondary N) is 1. The van der Waals surface area contributed by atoms with Crippen LogP contribution in [0, 0.1) is 0 Å². The first-order valence-corrected chi connectivity index (χ1v) is 5.95. The van der Waals surface area contributed by atoms with Crippen molar-refractivity contribution in [2.45, 2.75) is 6.10 Å². The smallest absolute Gasteiger partial charge is 0.141 e. The highest BCUT2D eigenvalue weighted by molar-refractivity contribution is 7.13. The molecule has 5 nitrogen and oxygen atoms in total. The topological polar surface area (TPSA) is 60.0 Å². The van der Waals surface area contributed by atoms with Gasteiger partial charge in [0.15, 0.2) is 0 Å². The van der Waals surface area contributed by atoms with Crippen molar-refractivity contribution in [3.05, 3.63) is 23.6 Å². The van der Waals surface area contributed by atoms with Crippen LogP contribution in [-0.4, -0.2) is 34.8 Å². The lowest BCUT2D eigenvalue weighted by Gasteiger charge is -2.21. The molecule has 2 aromatic heterocycles. The van der Waals surface area contributed by atoms with E-state index in [1.54, 1.807) is 23.9 Å². The highest BCUT2D eigenvalue weighted by atomic mass is 32.1. The Morgan fingerprint density at radius 1 is 1.44 bits per heavy atom. The molecule has 0 aliphatic carbocycles. The van der Waals surface area contributed by atoms with Crippen LogP contribution in [0.5, 0.6) is 0 Å². The third kappa shape index (κ3) is 1.87. The molecule has 6 heteroatoms. The minimum absolute atomic E-state index is 0.0262. The minimum atomic E-state index is -0.0262. The molecule has 0 saturated carbocycles. The molecule has 0 amide bonds. The number of nitrogens with zero attached hydrogens (tertiary/aromatic N) is 2. The minimum Gasteiger partial charge on any atom is -0.376 e. The fourth-order valence-corrected chi connectivity index (χ4v) is 2.42. The zero-order valence-electron chi connectivity index (χ0n) is 8.55. The third-order valence-electron chi connectivity index (χ3n) is 2.40. The van der Waals surface area contributed by atoms with Crippen molar-refractivity contribution in [2.24, 2.45) is 0 Å². The largest absolute Gasteiger partial charge is 0.376 e. The van der Waals surface area contributed by atoms with Gasteiger partial charge in [-0.25, -0.2) is 9.97 Å². The van der Waals surface area contributed by atoms with Crippen molar-refractivity contribution in [3.63, 3.8) is 0 Å². The summed E-state index contributed by atoms with van der Waals surface area (Å²) in [5.74, 6) is 0. The molecule has 0 bridgehead atoms. The molecule has 1 N–H and O–H groups in total. The first-order chi connectivity index (χ1) is 7.93. The second kappa shape index (κ2) is 4.32. The molecular formula is C10H11N3O2S. The van der Waals surface area contributed by atoms with E-state index in [9.17, 15) is 0 Å². The van der Waals surface area contributed by atoms with E-state index < -0.39 is 0 Å². The van der Waals surface area contributed by atoms with Crippen LogP contribution in [0.15, 0.2) is 17.9 Å². The number of hydrogen-bond acceptors (Lipinski definition) is 5. The maximum atomic E-state index is 5.59. The number of rotatable bonds is 2. The molecule has 1 saturated heterocycles. The normalized spacial score (nSPS) is 21.1. The van der Waals surface area contributed by atoms with Crippen molar-refractivity contribution in [1.29, 1.82) is 0 Å². The van der Waals surface area contributed by atoms with E-state index in [2.05, 4.69) is 15.0 Å². The molecule has 1 fully saturated rings. The number of H-pyrrole nitrogens is 1. The SMILES string of the molecule is c1ncc(-c2nc(C3COCCO3)cs2)[nH]1. The second-order valence-corrected chi connectivity index (χ2v) is 4.34. The summed E-state index contributed by atoms with van der Waals surface area (Å²) in [6, 6.07) is 0. The molecule has 84 valence electrons. The third-order valence-corrected chi connectivity index (χ3v) is 3.29. The van der Waals surface area contributed by atoms with E-state index in [0.717, 1.165) is 16.4 Å². The Labute approximate surface area is 96.5 Å². The monoisotopic (exact) mass is 237 g/mol. The average molecular weight is 237 g/mol. The van der Waals surface area contributed by atoms with Crippen LogP contribution in [-0.2, 0) is 9.47 Å². The Morgan fingerprint density at radius 2 is 2.44 bits per heavy atom. The second-order valence-electron chi connectivity index (χ2n) is 3.48. The van der Waals surface area contributed by atoms with Gasteiger partial charge in [-0.1, -0.05) is 0 Å². The van der Waals surface area contributed by atoms with Crippen molar-refractivity contribution < 1.29 is 9.47 Å². The molecule has 3 rings (SSSR count). The summed E-state index contributed by atoms with van der Waals surface area (Å²) in [5, 5.41) is 2.94. The lowest BCUT2D eigenvalue weighted by molar-refractivity contribution is -0.0915. The number of imidazole rings is 1. The van der Waals surface area contributed by atoms with Crippen molar-refractivity contribution >= 4 is 11.3 Å². The standard InChI is InChI=1S/C10H11N3O2S/c1-2-15-9(4-14-1)8-5-16-10(13-8)7-3-11-6-12-7/h3,5-6,9H,1-2,4H2,(H,11,12). The number of ether oxygens (including phenoxy) is 2. The first kappa shape index (κ1) is 9.95. The predicted molar refractivity (Wildman–Crippen MR) is 59.2 cm³/mol. The molecule has 0 radical (unpaired) electrons. The Bertz CT molecular complexity index is 448. The van der Waals surface area contributed by atoms with Gasteiger partial charge >= 0.3 is 0 Å². The maximum Gasteiger partial charge on any atom is 0.141 e. The van der Waals surface area contributed by atoms with Crippen LogP contribution in [0.25, 0.3) is 10.7 Å². The summed E-state index contributed by atoms with van der Waals surface area (Å²) in [6.07, 6.45) is 3.39. The summed E-state index contributed by atoms with van der Waals surface area (Å²) in [5.41, 5.74) is 1.88. The van der Waals surface area contributed by atoms with Gasteiger partial charge in [-0.3, -0.25) is 0 Å². The summed E-state index contributed by atoms with van der Waals surface area (Å²) in [6.45, 7) is 1.90. The van der Waals surface area contributed by atoms with E-state index in [1.165, 1.54) is 0 Å². The number of aromatic nitrogens is 3. The van der Waals surface area contributed by atoms with E-state index in [4.69, 9.17) is 9.47 Å². The molecule has 1 unspecified atom stereocenters. The summed E-state index contributed by atoms with van der Waals surface area (Å²) in [7, 11) is 0. The molecule has 16 heavy (non-hydrogen) atoms. The van der Waals surface area contributed by atoms with Gasteiger partial charge in [0.2, 0.25) is 0 Å². The van der Waals surface area contributed by atoms with Gasteiger partial charge < -0.3 is 14.5 Å². The fourth-order valence-electron chi connectivity index (χ4n) is 1.59. The van der Waals surface area contributed by atoms with Gasteiger partial charge in [-0.15, -0.1) is 11.3 Å². The van der Waals surface area contributed by atoms with Gasteiger partial charge in [0, 0.05) is 5.38 Å². The number of aromatic amines is 1.